The summed E-state index contributed by atoms with van der Waals surface area (Å²) in [5, 5.41) is 8.81. The summed E-state index contributed by atoms with van der Waals surface area (Å²) in [6, 6.07) is 0. The van der Waals surface area contributed by atoms with Gasteiger partial charge in [0.15, 0.2) is 5.78 Å². The third-order valence-corrected chi connectivity index (χ3v) is 4.53. The zero-order valence-electron chi connectivity index (χ0n) is 13.4. The molecule has 1 fully saturated rings. The van der Waals surface area contributed by atoms with Gasteiger partial charge in [0, 0.05) is 18.2 Å². The Morgan fingerprint density at radius 3 is 2.42 bits per heavy atom. The molecule has 0 aromatic carbocycles. The van der Waals surface area contributed by atoms with Crippen molar-refractivity contribution in [1.29, 1.82) is 0 Å². The molecule has 0 saturated heterocycles. The first-order chi connectivity index (χ1) is 11.2. The lowest BCUT2D eigenvalue weighted by atomic mass is 9.79. The highest BCUT2D eigenvalue weighted by atomic mass is 19.4. The van der Waals surface area contributed by atoms with E-state index in [0.29, 0.717) is 25.7 Å². The Labute approximate surface area is 138 Å². The predicted molar refractivity (Wildman–Crippen MR) is 82.9 cm³/mol. The van der Waals surface area contributed by atoms with Gasteiger partial charge in [-0.3, -0.25) is 14.6 Å². The molecule has 2 rings (SSSR count). The van der Waals surface area contributed by atoms with Gasteiger partial charge in [-0.05, 0) is 50.0 Å². The molecule has 0 aromatic rings. The van der Waals surface area contributed by atoms with Crippen LogP contribution in [-0.2, 0) is 9.59 Å². The van der Waals surface area contributed by atoms with Crippen LogP contribution in [0.5, 0.6) is 0 Å². The molecular weight excluding hydrogens is 323 g/mol. The molecule has 0 unspecified atom stereocenters. The summed E-state index contributed by atoms with van der Waals surface area (Å²) in [6.45, 7) is 1.02. The smallest absolute Gasteiger partial charge is 0.417 e. The fraction of sp³-hybridized carbons (Fsp3) is 0.588. The number of hydrogen-bond acceptors (Lipinski definition) is 3. The summed E-state index contributed by atoms with van der Waals surface area (Å²) in [5.74, 6) is -1.44. The minimum atomic E-state index is -4.60. The van der Waals surface area contributed by atoms with Crippen LogP contribution >= 0.6 is 0 Å². The van der Waals surface area contributed by atoms with Crippen LogP contribution in [0.25, 0.3) is 0 Å². The summed E-state index contributed by atoms with van der Waals surface area (Å²) in [6.07, 6.45) is 0.793. The van der Waals surface area contributed by atoms with Crippen molar-refractivity contribution in [2.45, 2.75) is 45.2 Å². The summed E-state index contributed by atoms with van der Waals surface area (Å²) in [7, 11) is 0. The Balaban J connectivity index is 2.19. The Morgan fingerprint density at radius 2 is 1.92 bits per heavy atom. The van der Waals surface area contributed by atoms with Gasteiger partial charge in [0.1, 0.15) is 0 Å². The van der Waals surface area contributed by atoms with Gasteiger partial charge in [-0.15, -0.1) is 0 Å². The van der Waals surface area contributed by atoms with Crippen molar-refractivity contribution < 1.29 is 27.9 Å². The maximum Gasteiger partial charge on any atom is 0.417 e. The van der Waals surface area contributed by atoms with E-state index in [4.69, 9.17) is 5.11 Å². The second-order valence-corrected chi connectivity index (χ2v) is 6.38. The van der Waals surface area contributed by atoms with Crippen molar-refractivity contribution >= 4 is 18.0 Å². The lowest BCUT2D eigenvalue weighted by molar-refractivity contribution is -0.138. The second-order valence-electron chi connectivity index (χ2n) is 6.38. The van der Waals surface area contributed by atoms with E-state index in [1.54, 1.807) is 6.08 Å². The van der Waals surface area contributed by atoms with Crippen LogP contribution in [0, 0.1) is 11.8 Å². The molecule has 1 saturated carbocycles. The van der Waals surface area contributed by atoms with E-state index in [1.807, 2.05) is 0 Å². The Hall–Kier alpha value is -1.92. The van der Waals surface area contributed by atoms with Gasteiger partial charge in [-0.2, -0.15) is 13.2 Å². The number of dihydropyridines is 1. The zero-order chi connectivity index (χ0) is 17.9. The van der Waals surface area contributed by atoms with Crippen LogP contribution < -0.4 is 0 Å². The fourth-order valence-corrected chi connectivity index (χ4v) is 3.38. The van der Waals surface area contributed by atoms with Gasteiger partial charge < -0.3 is 5.11 Å². The average Bonchev–Trinajstić information content (AvgIpc) is 2.47. The molecule has 0 spiro atoms. The molecule has 0 bridgehead atoms. The van der Waals surface area contributed by atoms with Gasteiger partial charge >= 0.3 is 12.1 Å². The number of carbonyl (C=O) groups is 2. The van der Waals surface area contributed by atoms with E-state index < -0.39 is 23.5 Å². The molecule has 1 heterocycles. The molecule has 7 heteroatoms. The number of aliphatic carboxylic acids is 1. The third-order valence-electron chi connectivity index (χ3n) is 4.53. The highest BCUT2D eigenvalue weighted by Crippen LogP contribution is 2.38. The number of halogens is 3. The zero-order valence-corrected chi connectivity index (χ0v) is 13.4. The quantitative estimate of drug-likeness (QED) is 0.846. The molecule has 0 atom stereocenters. The predicted octanol–water partition coefficient (Wildman–Crippen LogP) is 3.73. The normalized spacial score (nSPS) is 26.8. The lowest BCUT2D eigenvalue weighted by Gasteiger charge is -2.27. The standard InChI is InChI=1S/C17H20F3NO3/c1-10(22)14-9-21-8-13(16(14)17(18,19)20)6-11-2-4-12(5-3-11)7-15(23)24/h6,9,11-12H,2-5,7-8H2,1H3,(H,23,24)/b13-6-/t11-,12-. The minimum Gasteiger partial charge on any atom is -0.481 e. The molecule has 2 aliphatic rings. The van der Waals surface area contributed by atoms with Crippen molar-refractivity contribution in [2.24, 2.45) is 16.8 Å². The molecule has 0 radical (unpaired) electrons. The van der Waals surface area contributed by atoms with E-state index >= 15 is 0 Å². The van der Waals surface area contributed by atoms with Crippen LogP contribution in [0.4, 0.5) is 13.2 Å². The molecule has 1 aliphatic heterocycles. The maximum atomic E-state index is 13.4. The summed E-state index contributed by atoms with van der Waals surface area (Å²) in [5.41, 5.74) is -1.21. The molecule has 132 valence electrons. The number of allylic oxidation sites excluding steroid dienone is 2. The van der Waals surface area contributed by atoms with Crippen molar-refractivity contribution in [3.05, 3.63) is 22.8 Å². The van der Waals surface area contributed by atoms with E-state index in [-0.39, 0.29) is 35.9 Å². The number of carboxylic acid groups (broad SMARTS) is 1. The van der Waals surface area contributed by atoms with E-state index in [2.05, 4.69) is 4.99 Å². The molecule has 1 N–H and O–H groups in total. The SMILES string of the molecule is CC(=O)C1=C(C(F)(F)F)/C(=C\[C@H]2CC[C@H](CC(=O)O)CC2)CN=C1. The van der Waals surface area contributed by atoms with Crippen molar-refractivity contribution in [1.82, 2.24) is 0 Å². The number of aliphatic imine (C=N–C) groups is 1. The van der Waals surface area contributed by atoms with Gasteiger partial charge in [-0.1, -0.05) is 6.08 Å². The van der Waals surface area contributed by atoms with E-state index in [0.717, 1.165) is 13.1 Å². The molecular formula is C17H20F3NO3. The van der Waals surface area contributed by atoms with Crippen molar-refractivity contribution in [3.63, 3.8) is 0 Å². The van der Waals surface area contributed by atoms with Crippen LogP contribution in [0.3, 0.4) is 0 Å². The first-order valence-electron chi connectivity index (χ1n) is 7.93. The first kappa shape index (κ1) is 18.4. The highest BCUT2D eigenvalue weighted by molar-refractivity contribution is 6.14. The molecule has 24 heavy (non-hydrogen) atoms. The topological polar surface area (TPSA) is 66.7 Å². The number of carbonyl (C=O) groups excluding carboxylic acids is 1. The number of hydrogen-bond donors (Lipinski definition) is 1. The second kappa shape index (κ2) is 7.32. The molecule has 0 aromatic heterocycles. The lowest BCUT2D eigenvalue weighted by Crippen LogP contribution is -2.24. The van der Waals surface area contributed by atoms with E-state index in [1.165, 1.54) is 0 Å². The van der Waals surface area contributed by atoms with Crippen molar-refractivity contribution in [3.8, 4) is 0 Å². The van der Waals surface area contributed by atoms with Crippen molar-refractivity contribution in [2.75, 3.05) is 6.54 Å². The first-order valence-corrected chi connectivity index (χ1v) is 7.93. The summed E-state index contributed by atoms with van der Waals surface area (Å²) < 4.78 is 40.2. The minimum absolute atomic E-state index is 0.0381. The molecule has 1 aliphatic carbocycles. The monoisotopic (exact) mass is 343 g/mol. The van der Waals surface area contributed by atoms with Gasteiger partial charge in [0.05, 0.1) is 12.1 Å². The van der Waals surface area contributed by atoms with E-state index in [9.17, 15) is 22.8 Å². The number of ketones is 1. The number of rotatable bonds is 4. The summed E-state index contributed by atoms with van der Waals surface area (Å²) >= 11 is 0. The fourth-order valence-electron chi connectivity index (χ4n) is 3.38. The summed E-state index contributed by atoms with van der Waals surface area (Å²) in [4.78, 5) is 26.1. The van der Waals surface area contributed by atoms with Crippen LogP contribution in [-0.4, -0.2) is 35.8 Å². The number of carboxylic acids is 1. The average molecular weight is 343 g/mol. The Kier molecular flexibility index (Phi) is 5.62. The highest BCUT2D eigenvalue weighted by Gasteiger charge is 2.40. The van der Waals surface area contributed by atoms with Gasteiger partial charge in [-0.25, -0.2) is 0 Å². The van der Waals surface area contributed by atoms with Gasteiger partial charge in [0.2, 0.25) is 0 Å². The largest absolute Gasteiger partial charge is 0.481 e. The van der Waals surface area contributed by atoms with Gasteiger partial charge in [0.25, 0.3) is 0 Å². The Morgan fingerprint density at radius 1 is 1.29 bits per heavy atom. The van der Waals surface area contributed by atoms with Crippen LogP contribution in [0.2, 0.25) is 0 Å². The number of nitrogens with zero attached hydrogens (tertiary/aromatic N) is 1. The molecule has 4 nitrogen and oxygen atoms in total. The number of Topliss-reactive ketones (excluding diaryl/α,β-unsaturated/α-hetero) is 1. The molecule has 0 amide bonds. The third kappa shape index (κ3) is 4.55. The van der Waals surface area contributed by atoms with Crippen LogP contribution in [0.1, 0.15) is 39.0 Å². The maximum absolute atomic E-state index is 13.4. The number of alkyl halides is 3. The Bertz CT molecular complexity index is 609. The van der Waals surface area contributed by atoms with Crippen LogP contribution in [0.15, 0.2) is 27.8 Å².